The average Bonchev–Trinajstić information content (AvgIpc) is 3.05. The molecular weight excluding hydrogens is 294 g/mol. The number of piperazine rings is 1. The quantitative estimate of drug-likeness (QED) is 0.849. The van der Waals surface area contributed by atoms with Crippen molar-refractivity contribution >= 4 is 5.91 Å². The van der Waals surface area contributed by atoms with Gasteiger partial charge in [0.1, 0.15) is 12.4 Å². The Balaban J connectivity index is 1.60. The van der Waals surface area contributed by atoms with Crippen molar-refractivity contribution in [3.63, 3.8) is 0 Å². The van der Waals surface area contributed by atoms with E-state index in [1.54, 1.807) is 0 Å². The number of benzene rings is 1. The van der Waals surface area contributed by atoms with Crippen LogP contribution in [0.15, 0.2) is 28.8 Å². The third kappa shape index (κ3) is 2.39. The Hall–Kier alpha value is -2.34. The number of hydrogen-bond acceptors (Lipinski definition) is 5. The summed E-state index contributed by atoms with van der Waals surface area (Å²) in [6.45, 7) is 6.75. The van der Waals surface area contributed by atoms with Crippen LogP contribution < -0.4 is 4.74 Å². The van der Waals surface area contributed by atoms with Gasteiger partial charge in [0, 0.05) is 26.2 Å². The highest BCUT2D eigenvalue weighted by Gasteiger charge is 2.31. The summed E-state index contributed by atoms with van der Waals surface area (Å²) in [6.07, 6.45) is 0. The molecule has 23 heavy (non-hydrogen) atoms. The van der Waals surface area contributed by atoms with E-state index in [4.69, 9.17) is 9.26 Å². The zero-order valence-corrected chi connectivity index (χ0v) is 13.1. The summed E-state index contributed by atoms with van der Waals surface area (Å²) in [5, 5.41) is 4.05. The molecule has 2 aromatic rings. The van der Waals surface area contributed by atoms with Gasteiger partial charge in [-0.05, 0) is 18.7 Å². The predicted molar refractivity (Wildman–Crippen MR) is 84.3 cm³/mol. The van der Waals surface area contributed by atoms with Crippen LogP contribution in [0.3, 0.4) is 0 Å². The SMILES string of the molecule is CCN1CCN(C(=O)c2noc3c2COc2ccccc2-3)CC1. The molecule has 1 saturated heterocycles. The summed E-state index contributed by atoms with van der Waals surface area (Å²) in [5.74, 6) is 1.36. The highest BCUT2D eigenvalue weighted by Crippen LogP contribution is 2.38. The first-order chi connectivity index (χ1) is 11.3. The number of carbonyl (C=O) groups excluding carboxylic acids is 1. The molecule has 0 aliphatic carbocycles. The maximum absolute atomic E-state index is 12.8. The predicted octanol–water partition coefficient (Wildman–Crippen LogP) is 2.01. The summed E-state index contributed by atoms with van der Waals surface area (Å²) < 4.78 is 11.2. The van der Waals surface area contributed by atoms with Gasteiger partial charge in [-0.3, -0.25) is 4.79 Å². The molecule has 0 unspecified atom stereocenters. The zero-order chi connectivity index (χ0) is 15.8. The van der Waals surface area contributed by atoms with Crippen molar-refractivity contribution in [2.75, 3.05) is 32.7 Å². The lowest BCUT2D eigenvalue weighted by molar-refractivity contribution is 0.0631. The van der Waals surface area contributed by atoms with E-state index in [1.807, 2.05) is 29.2 Å². The number of rotatable bonds is 2. The van der Waals surface area contributed by atoms with Crippen molar-refractivity contribution in [2.24, 2.45) is 0 Å². The van der Waals surface area contributed by atoms with E-state index < -0.39 is 0 Å². The molecule has 120 valence electrons. The highest BCUT2D eigenvalue weighted by molar-refractivity contribution is 5.95. The van der Waals surface area contributed by atoms with E-state index in [-0.39, 0.29) is 5.91 Å². The largest absolute Gasteiger partial charge is 0.488 e. The van der Waals surface area contributed by atoms with E-state index in [0.29, 0.717) is 18.1 Å². The summed E-state index contributed by atoms with van der Waals surface area (Å²) in [7, 11) is 0. The lowest BCUT2D eigenvalue weighted by Crippen LogP contribution is -2.48. The molecular formula is C17H19N3O3. The Bertz CT molecular complexity index is 732. The smallest absolute Gasteiger partial charge is 0.276 e. The van der Waals surface area contributed by atoms with Crippen molar-refractivity contribution in [1.82, 2.24) is 15.0 Å². The molecule has 6 heteroatoms. The van der Waals surface area contributed by atoms with Gasteiger partial charge in [-0.15, -0.1) is 0 Å². The van der Waals surface area contributed by atoms with Crippen LogP contribution in [0, 0.1) is 0 Å². The monoisotopic (exact) mass is 313 g/mol. The second-order valence-electron chi connectivity index (χ2n) is 5.85. The van der Waals surface area contributed by atoms with Crippen LogP contribution >= 0.6 is 0 Å². The van der Waals surface area contributed by atoms with Gasteiger partial charge in [0.15, 0.2) is 11.5 Å². The molecule has 4 rings (SSSR count). The van der Waals surface area contributed by atoms with Crippen LogP contribution in [0.5, 0.6) is 5.75 Å². The van der Waals surface area contributed by atoms with Crippen LogP contribution in [-0.4, -0.2) is 53.6 Å². The van der Waals surface area contributed by atoms with E-state index in [2.05, 4.69) is 17.0 Å². The number of fused-ring (bicyclic) bond motifs is 3. The van der Waals surface area contributed by atoms with E-state index in [1.165, 1.54) is 0 Å². The van der Waals surface area contributed by atoms with Crippen LogP contribution in [0.2, 0.25) is 0 Å². The van der Waals surface area contributed by atoms with E-state index >= 15 is 0 Å². The lowest BCUT2D eigenvalue weighted by atomic mass is 10.0. The molecule has 1 aromatic carbocycles. The summed E-state index contributed by atoms with van der Waals surface area (Å²) in [6, 6.07) is 7.66. The summed E-state index contributed by atoms with van der Waals surface area (Å²) in [5.41, 5.74) is 2.00. The van der Waals surface area contributed by atoms with Crippen molar-refractivity contribution in [1.29, 1.82) is 0 Å². The molecule has 1 fully saturated rings. The fourth-order valence-corrected chi connectivity index (χ4v) is 3.17. The van der Waals surface area contributed by atoms with Crippen LogP contribution in [0.4, 0.5) is 0 Å². The standard InChI is InChI=1S/C17H19N3O3/c1-2-19-7-9-20(10-8-19)17(21)15-13-11-22-14-6-4-3-5-12(14)16(13)23-18-15/h3-6H,2,7-11H2,1H3. The lowest BCUT2D eigenvalue weighted by Gasteiger charge is -2.33. The molecule has 2 aliphatic rings. The second-order valence-corrected chi connectivity index (χ2v) is 5.85. The first-order valence-electron chi connectivity index (χ1n) is 8.00. The summed E-state index contributed by atoms with van der Waals surface area (Å²) >= 11 is 0. The first kappa shape index (κ1) is 14.3. The normalized spacial score (nSPS) is 17.3. The Morgan fingerprint density at radius 3 is 2.78 bits per heavy atom. The molecule has 6 nitrogen and oxygen atoms in total. The third-order valence-electron chi connectivity index (χ3n) is 4.60. The minimum Gasteiger partial charge on any atom is -0.488 e. The van der Waals surface area contributed by atoms with Crippen LogP contribution in [-0.2, 0) is 6.61 Å². The van der Waals surface area contributed by atoms with E-state index in [9.17, 15) is 4.79 Å². The van der Waals surface area contributed by atoms with Crippen molar-refractivity contribution in [2.45, 2.75) is 13.5 Å². The van der Waals surface area contributed by atoms with Crippen LogP contribution in [0.1, 0.15) is 23.0 Å². The number of ether oxygens (including phenoxy) is 1. The van der Waals surface area contributed by atoms with Gasteiger partial charge in [0.25, 0.3) is 5.91 Å². The molecule has 1 amide bonds. The Labute approximate surface area is 134 Å². The van der Waals surface area contributed by atoms with Gasteiger partial charge in [0.05, 0.1) is 11.1 Å². The first-order valence-corrected chi connectivity index (χ1v) is 8.00. The van der Waals surface area contributed by atoms with Crippen LogP contribution in [0.25, 0.3) is 11.3 Å². The molecule has 1 aromatic heterocycles. The molecule has 2 aliphatic heterocycles. The maximum Gasteiger partial charge on any atom is 0.276 e. The second kappa shape index (κ2) is 5.70. The number of nitrogens with zero attached hydrogens (tertiary/aromatic N) is 3. The minimum absolute atomic E-state index is 0.0614. The number of amides is 1. The van der Waals surface area contributed by atoms with Crippen molar-refractivity contribution < 1.29 is 14.1 Å². The number of carbonyl (C=O) groups is 1. The number of para-hydroxylation sites is 1. The highest BCUT2D eigenvalue weighted by atomic mass is 16.5. The molecule has 0 bridgehead atoms. The molecule has 3 heterocycles. The van der Waals surface area contributed by atoms with E-state index in [0.717, 1.165) is 49.6 Å². The fourth-order valence-electron chi connectivity index (χ4n) is 3.17. The van der Waals surface area contributed by atoms with Gasteiger partial charge in [-0.25, -0.2) is 0 Å². The van der Waals surface area contributed by atoms with Gasteiger partial charge in [-0.2, -0.15) is 0 Å². The number of aromatic nitrogens is 1. The van der Waals surface area contributed by atoms with Gasteiger partial charge >= 0.3 is 0 Å². The molecule has 0 N–H and O–H groups in total. The van der Waals surface area contributed by atoms with Crippen molar-refractivity contribution in [3.8, 4) is 17.1 Å². The molecule has 0 radical (unpaired) electrons. The summed E-state index contributed by atoms with van der Waals surface area (Å²) in [4.78, 5) is 17.0. The molecule has 0 spiro atoms. The minimum atomic E-state index is -0.0614. The number of likely N-dealkylation sites (N-methyl/N-ethyl adjacent to an activating group) is 1. The number of hydrogen-bond donors (Lipinski definition) is 0. The van der Waals surface area contributed by atoms with Crippen molar-refractivity contribution in [3.05, 3.63) is 35.5 Å². The molecule has 0 atom stereocenters. The Morgan fingerprint density at radius 1 is 1.22 bits per heavy atom. The average molecular weight is 313 g/mol. The Morgan fingerprint density at radius 2 is 2.00 bits per heavy atom. The topological polar surface area (TPSA) is 58.8 Å². The zero-order valence-electron chi connectivity index (χ0n) is 13.1. The maximum atomic E-state index is 12.8. The van der Waals surface area contributed by atoms with Gasteiger partial charge in [-0.1, -0.05) is 24.2 Å². The van der Waals surface area contributed by atoms with Gasteiger partial charge in [0.2, 0.25) is 0 Å². The Kier molecular flexibility index (Phi) is 3.53. The van der Waals surface area contributed by atoms with Gasteiger partial charge < -0.3 is 19.1 Å². The third-order valence-corrected chi connectivity index (χ3v) is 4.60. The molecule has 0 saturated carbocycles. The fraction of sp³-hybridized carbons (Fsp3) is 0.412.